The van der Waals surface area contributed by atoms with Crippen LogP contribution in [0.25, 0.3) is 0 Å². The van der Waals surface area contributed by atoms with Crippen LogP contribution in [0.3, 0.4) is 0 Å². The van der Waals surface area contributed by atoms with E-state index < -0.39 is 27.9 Å². The SMILES string of the molecule is CCOC(=O)c1sc(NC(=O)CN2CCN(S(=O)(=O)c3ccc(OC)cc3)CC2)c(C(=O)OCC)c1C. The van der Waals surface area contributed by atoms with Crippen molar-refractivity contribution in [2.24, 2.45) is 0 Å². The monoisotopic (exact) mass is 553 g/mol. The van der Waals surface area contributed by atoms with Gasteiger partial charge in [0.1, 0.15) is 15.6 Å². The summed E-state index contributed by atoms with van der Waals surface area (Å²) in [5, 5.41) is 2.93. The molecule has 1 aromatic heterocycles. The third-order valence-corrected chi connectivity index (χ3v) is 8.84. The molecule has 13 heteroatoms. The molecule has 1 amide bonds. The minimum atomic E-state index is -3.67. The summed E-state index contributed by atoms with van der Waals surface area (Å²) >= 11 is 0.960. The van der Waals surface area contributed by atoms with Crippen molar-refractivity contribution < 1.29 is 37.0 Å². The van der Waals surface area contributed by atoms with E-state index in [4.69, 9.17) is 14.2 Å². The average molecular weight is 554 g/mol. The van der Waals surface area contributed by atoms with Gasteiger partial charge in [0.15, 0.2) is 0 Å². The maximum Gasteiger partial charge on any atom is 0.348 e. The quantitative estimate of drug-likeness (QED) is 0.441. The molecule has 0 radical (unpaired) electrons. The Hall–Kier alpha value is -3.00. The summed E-state index contributed by atoms with van der Waals surface area (Å²) < 4.78 is 42.6. The Kier molecular flexibility index (Phi) is 9.65. The summed E-state index contributed by atoms with van der Waals surface area (Å²) in [6.45, 7) is 6.40. The molecule has 11 nitrogen and oxygen atoms in total. The van der Waals surface area contributed by atoms with Crippen LogP contribution in [0.4, 0.5) is 5.00 Å². The third-order valence-electron chi connectivity index (χ3n) is 5.74. The minimum Gasteiger partial charge on any atom is -0.497 e. The van der Waals surface area contributed by atoms with Gasteiger partial charge in [0.05, 0.1) is 37.3 Å². The van der Waals surface area contributed by atoms with Gasteiger partial charge >= 0.3 is 11.9 Å². The number of nitrogens with one attached hydrogen (secondary N) is 1. The van der Waals surface area contributed by atoms with Crippen LogP contribution in [-0.4, -0.2) is 88.5 Å². The van der Waals surface area contributed by atoms with Gasteiger partial charge in [-0.1, -0.05) is 0 Å². The van der Waals surface area contributed by atoms with Gasteiger partial charge in [-0.3, -0.25) is 9.69 Å². The van der Waals surface area contributed by atoms with Crippen molar-refractivity contribution in [2.75, 3.05) is 58.4 Å². The number of hydrogen-bond donors (Lipinski definition) is 1. The summed E-state index contributed by atoms with van der Waals surface area (Å²) in [4.78, 5) is 39.9. The van der Waals surface area contributed by atoms with Crippen LogP contribution in [0, 0.1) is 6.92 Å². The number of methoxy groups -OCH3 is 1. The Morgan fingerprint density at radius 2 is 1.57 bits per heavy atom. The van der Waals surface area contributed by atoms with Crippen molar-refractivity contribution in [1.29, 1.82) is 0 Å². The Bertz CT molecular complexity index is 1230. The second kappa shape index (κ2) is 12.5. The van der Waals surface area contributed by atoms with Gasteiger partial charge < -0.3 is 19.5 Å². The first kappa shape index (κ1) is 28.6. The lowest BCUT2D eigenvalue weighted by molar-refractivity contribution is -0.117. The second-order valence-electron chi connectivity index (χ2n) is 8.11. The topological polar surface area (TPSA) is 132 Å². The first-order valence-electron chi connectivity index (χ1n) is 11.8. The molecule has 2 aromatic rings. The first-order chi connectivity index (χ1) is 17.6. The number of carbonyl (C=O) groups excluding carboxylic acids is 3. The molecule has 2 heterocycles. The molecule has 1 aliphatic heterocycles. The zero-order chi connectivity index (χ0) is 27.2. The number of rotatable bonds is 10. The van der Waals surface area contributed by atoms with Crippen molar-refractivity contribution in [3.8, 4) is 5.75 Å². The maximum atomic E-state index is 13.0. The Morgan fingerprint density at radius 3 is 2.14 bits per heavy atom. The van der Waals surface area contributed by atoms with Crippen molar-refractivity contribution in [2.45, 2.75) is 25.7 Å². The molecule has 1 saturated heterocycles. The van der Waals surface area contributed by atoms with Gasteiger partial charge in [-0.15, -0.1) is 11.3 Å². The van der Waals surface area contributed by atoms with Crippen LogP contribution in [-0.2, 0) is 24.3 Å². The fourth-order valence-electron chi connectivity index (χ4n) is 3.84. The van der Waals surface area contributed by atoms with Gasteiger partial charge in [-0.05, 0) is 50.6 Å². The van der Waals surface area contributed by atoms with E-state index >= 15 is 0 Å². The Balaban J connectivity index is 1.65. The fraction of sp³-hybridized carbons (Fsp3) is 0.458. The standard InChI is InChI=1S/C24H31N3O8S2/c1-5-34-23(29)20-16(3)21(24(30)35-6-2)36-22(20)25-19(28)15-26-11-13-27(14-12-26)37(31,32)18-9-7-17(33-4)8-10-18/h7-10H,5-6,11-15H2,1-4H3,(H,25,28). The summed E-state index contributed by atoms with van der Waals surface area (Å²) in [6, 6.07) is 6.20. The molecule has 1 fully saturated rings. The number of nitrogens with zero attached hydrogens (tertiary/aromatic N) is 2. The zero-order valence-corrected chi connectivity index (χ0v) is 22.9. The van der Waals surface area contributed by atoms with Crippen molar-refractivity contribution in [1.82, 2.24) is 9.21 Å². The first-order valence-corrected chi connectivity index (χ1v) is 14.0. The summed E-state index contributed by atoms with van der Waals surface area (Å²) in [7, 11) is -2.16. The highest BCUT2D eigenvalue weighted by molar-refractivity contribution is 7.89. The van der Waals surface area contributed by atoms with E-state index in [1.807, 2.05) is 4.90 Å². The molecule has 0 unspecified atom stereocenters. The number of piperazine rings is 1. The van der Waals surface area contributed by atoms with Gasteiger partial charge in [0, 0.05) is 26.2 Å². The molecule has 1 N–H and O–H groups in total. The molecule has 0 atom stereocenters. The molecule has 1 aromatic carbocycles. The smallest absolute Gasteiger partial charge is 0.348 e. The molecular formula is C24H31N3O8S2. The van der Waals surface area contributed by atoms with E-state index in [-0.39, 0.29) is 53.2 Å². The largest absolute Gasteiger partial charge is 0.497 e. The molecule has 0 bridgehead atoms. The number of esters is 2. The highest BCUT2D eigenvalue weighted by Crippen LogP contribution is 2.34. The van der Waals surface area contributed by atoms with Gasteiger partial charge in [0.2, 0.25) is 15.9 Å². The van der Waals surface area contributed by atoms with Crippen LogP contribution >= 0.6 is 11.3 Å². The third kappa shape index (κ3) is 6.66. The lowest BCUT2D eigenvalue weighted by atomic mass is 10.1. The number of ether oxygens (including phenoxy) is 3. The predicted molar refractivity (Wildman–Crippen MR) is 138 cm³/mol. The number of carbonyl (C=O) groups is 3. The van der Waals surface area contributed by atoms with Crippen molar-refractivity contribution in [3.63, 3.8) is 0 Å². The van der Waals surface area contributed by atoms with E-state index in [1.165, 1.54) is 23.5 Å². The highest BCUT2D eigenvalue weighted by Gasteiger charge is 2.30. The van der Waals surface area contributed by atoms with Crippen molar-refractivity contribution >= 4 is 44.2 Å². The number of thiophene rings is 1. The average Bonchev–Trinajstić information content (AvgIpc) is 3.20. The van der Waals surface area contributed by atoms with E-state index in [0.29, 0.717) is 24.4 Å². The second-order valence-corrected chi connectivity index (χ2v) is 11.1. The molecule has 3 rings (SSSR count). The van der Waals surface area contributed by atoms with E-state index in [1.54, 1.807) is 32.9 Å². The van der Waals surface area contributed by atoms with E-state index in [0.717, 1.165) is 11.3 Å². The lowest BCUT2D eigenvalue weighted by Gasteiger charge is -2.33. The minimum absolute atomic E-state index is 0.00955. The summed E-state index contributed by atoms with van der Waals surface area (Å²) in [5.74, 6) is -1.05. The number of anilines is 1. The lowest BCUT2D eigenvalue weighted by Crippen LogP contribution is -2.50. The van der Waals surface area contributed by atoms with E-state index in [2.05, 4.69) is 5.32 Å². The molecule has 0 spiro atoms. The number of amides is 1. The van der Waals surface area contributed by atoms with Crippen molar-refractivity contribution in [3.05, 3.63) is 40.3 Å². The van der Waals surface area contributed by atoms with Gasteiger partial charge in [-0.2, -0.15) is 4.31 Å². The maximum absolute atomic E-state index is 13.0. The van der Waals surface area contributed by atoms with Crippen LogP contribution in [0.1, 0.15) is 39.4 Å². The Morgan fingerprint density at radius 1 is 0.973 bits per heavy atom. The molecule has 0 saturated carbocycles. The van der Waals surface area contributed by atoms with E-state index in [9.17, 15) is 22.8 Å². The van der Waals surface area contributed by atoms with Crippen LogP contribution in [0.2, 0.25) is 0 Å². The molecule has 1 aliphatic rings. The molecular weight excluding hydrogens is 522 g/mol. The highest BCUT2D eigenvalue weighted by atomic mass is 32.2. The van der Waals surface area contributed by atoms with Gasteiger partial charge in [-0.25, -0.2) is 18.0 Å². The normalized spacial score (nSPS) is 14.7. The fourth-order valence-corrected chi connectivity index (χ4v) is 6.36. The van der Waals surface area contributed by atoms with Crippen LogP contribution in [0.5, 0.6) is 5.75 Å². The molecule has 202 valence electrons. The molecule has 0 aliphatic carbocycles. The zero-order valence-electron chi connectivity index (χ0n) is 21.2. The number of benzene rings is 1. The predicted octanol–water partition coefficient (Wildman–Crippen LogP) is 2.36. The Labute approximate surface area is 220 Å². The summed E-state index contributed by atoms with van der Waals surface area (Å²) in [5.41, 5.74) is 0.508. The number of hydrogen-bond acceptors (Lipinski definition) is 10. The molecule has 37 heavy (non-hydrogen) atoms. The van der Waals surface area contributed by atoms with Crippen LogP contribution < -0.4 is 10.1 Å². The summed E-state index contributed by atoms with van der Waals surface area (Å²) in [6.07, 6.45) is 0. The van der Waals surface area contributed by atoms with Gasteiger partial charge in [0.25, 0.3) is 0 Å². The van der Waals surface area contributed by atoms with Crippen LogP contribution in [0.15, 0.2) is 29.2 Å². The number of sulfonamides is 1.